The van der Waals surface area contributed by atoms with Gasteiger partial charge in [-0.3, -0.25) is 4.72 Å². The summed E-state index contributed by atoms with van der Waals surface area (Å²) in [4.78, 5) is 2.37. The fraction of sp³-hybridized carbons (Fsp3) is 0.412. The number of fused-ring (bicyclic) bond motifs is 1. The van der Waals surface area contributed by atoms with Gasteiger partial charge in [0.15, 0.2) is 17.4 Å². The predicted molar refractivity (Wildman–Crippen MR) is 90.7 cm³/mol. The van der Waals surface area contributed by atoms with E-state index in [4.69, 9.17) is 0 Å². The summed E-state index contributed by atoms with van der Waals surface area (Å²) >= 11 is 0. The van der Waals surface area contributed by atoms with Gasteiger partial charge in [-0.15, -0.1) is 0 Å². The van der Waals surface area contributed by atoms with E-state index in [1.165, 1.54) is 0 Å². The maximum Gasteiger partial charge on any atom is 0.387 e. The van der Waals surface area contributed by atoms with Crippen LogP contribution in [0.3, 0.4) is 0 Å². The molecular formula is C17H16F6N2O3S. The predicted octanol–water partition coefficient (Wildman–Crippen LogP) is 4.46. The quantitative estimate of drug-likeness (QED) is 0.650. The van der Waals surface area contributed by atoms with Crippen molar-refractivity contribution >= 4 is 15.7 Å². The second kappa shape index (κ2) is 7.47. The van der Waals surface area contributed by atoms with E-state index in [0.717, 1.165) is 13.1 Å². The van der Waals surface area contributed by atoms with Gasteiger partial charge in [-0.1, -0.05) is 0 Å². The van der Waals surface area contributed by atoms with Crippen LogP contribution in [0.4, 0.5) is 32.0 Å². The first-order valence-corrected chi connectivity index (χ1v) is 9.90. The molecule has 1 aromatic heterocycles. The minimum absolute atomic E-state index is 0.0551. The van der Waals surface area contributed by atoms with Crippen molar-refractivity contribution in [2.45, 2.75) is 43.6 Å². The average Bonchev–Trinajstić information content (AvgIpc) is 3.02. The summed E-state index contributed by atoms with van der Waals surface area (Å²) in [5.41, 5.74) is -0.195. The number of hydrogen-bond acceptors (Lipinski definition) is 3. The zero-order valence-electron chi connectivity index (χ0n) is 14.9. The van der Waals surface area contributed by atoms with E-state index in [0.29, 0.717) is 17.8 Å². The van der Waals surface area contributed by atoms with Crippen molar-refractivity contribution in [3.8, 4) is 5.75 Å². The lowest BCUT2D eigenvalue weighted by Gasteiger charge is -2.27. The Morgan fingerprint density at radius 1 is 1.24 bits per heavy atom. The Bertz CT molecular complexity index is 1020. The Labute approximate surface area is 162 Å². The van der Waals surface area contributed by atoms with Crippen LogP contribution in [0.15, 0.2) is 23.2 Å². The number of hydrogen-bond donors (Lipinski definition) is 2. The molecule has 12 heteroatoms. The molecule has 0 aliphatic heterocycles. The Morgan fingerprint density at radius 3 is 2.55 bits per heavy atom. The molecule has 1 atom stereocenters. The molecular weight excluding hydrogens is 426 g/mol. The van der Waals surface area contributed by atoms with E-state index in [1.54, 1.807) is 0 Å². The number of rotatable bonds is 6. The van der Waals surface area contributed by atoms with E-state index in [2.05, 4.69) is 9.72 Å². The van der Waals surface area contributed by atoms with Gasteiger partial charge in [-0.2, -0.15) is 8.78 Å². The minimum atomic E-state index is -4.40. The molecule has 0 radical (unpaired) electrons. The normalized spacial score (nSPS) is 17.3. The number of halogens is 6. The van der Waals surface area contributed by atoms with Crippen LogP contribution in [0, 0.1) is 17.6 Å². The molecule has 0 saturated carbocycles. The molecule has 1 aromatic carbocycles. The van der Waals surface area contributed by atoms with Gasteiger partial charge in [0.25, 0.3) is 10.0 Å². The molecule has 1 aliphatic rings. The molecule has 0 spiro atoms. The first-order valence-electron chi connectivity index (χ1n) is 8.42. The second-order valence-corrected chi connectivity index (χ2v) is 8.40. The summed E-state index contributed by atoms with van der Waals surface area (Å²) in [6.45, 7) is -2.60. The van der Waals surface area contributed by atoms with Crippen molar-refractivity contribution in [2.75, 3.05) is 4.72 Å². The van der Waals surface area contributed by atoms with Crippen molar-refractivity contribution in [2.24, 2.45) is 5.92 Å². The molecule has 3 rings (SSSR count). The van der Waals surface area contributed by atoms with Crippen LogP contribution >= 0.6 is 0 Å². The second-order valence-electron chi connectivity index (χ2n) is 6.75. The molecule has 2 aromatic rings. The van der Waals surface area contributed by atoms with Gasteiger partial charge in [0.1, 0.15) is 4.90 Å². The van der Waals surface area contributed by atoms with Crippen LogP contribution in [-0.2, 0) is 22.9 Å². The maximum atomic E-state index is 14.1. The van der Waals surface area contributed by atoms with Gasteiger partial charge in [0.2, 0.25) is 5.92 Å². The van der Waals surface area contributed by atoms with Gasteiger partial charge in [-0.25, -0.2) is 26.0 Å². The molecule has 5 nitrogen and oxygen atoms in total. The van der Waals surface area contributed by atoms with Crippen molar-refractivity contribution in [1.29, 1.82) is 0 Å². The fourth-order valence-corrected chi connectivity index (χ4v) is 4.58. The first-order chi connectivity index (χ1) is 13.4. The molecule has 0 saturated heterocycles. The van der Waals surface area contributed by atoms with Crippen molar-refractivity contribution in [3.63, 3.8) is 0 Å². The Balaban J connectivity index is 1.87. The summed E-state index contributed by atoms with van der Waals surface area (Å²) < 4.78 is 110. The van der Waals surface area contributed by atoms with Crippen LogP contribution in [-0.4, -0.2) is 25.9 Å². The van der Waals surface area contributed by atoms with Crippen LogP contribution in [0.1, 0.15) is 24.6 Å². The van der Waals surface area contributed by atoms with Crippen molar-refractivity contribution in [1.82, 2.24) is 4.98 Å². The zero-order valence-corrected chi connectivity index (χ0v) is 15.7. The molecule has 29 heavy (non-hydrogen) atoms. The molecule has 1 unspecified atom stereocenters. The smallest absolute Gasteiger partial charge is 0.387 e. The van der Waals surface area contributed by atoms with E-state index in [9.17, 15) is 34.8 Å². The standard InChI is InChI=1S/C17H16F6N2O3S/c1-17(22,23)8-2-3-9-12(4-8)24-7-15(9)29(26,27)25-13-5-11(19)14(6-10(13)18)28-16(20)21/h5-8,16,24-25H,2-4H2,1H3. The van der Waals surface area contributed by atoms with Crippen LogP contribution in [0.25, 0.3) is 0 Å². The Kier molecular flexibility index (Phi) is 5.50. The summed E-state index contributed by atoms with van der Waals surface area (Å²) in [5, 5.41) is 0. The van der Waals surface area contributed by atoms with Crippen molar-refractivity contribution < 1.29 is 39.5 Å². The fourth-order valence-electron chi connectivity index (χ4n) is 3.26. The topological polar surface area (TPSA) is 71.2 Å². The summed E-state index contributed by atoms with van der Waals surface area (Å²) in [7, 11) is -4.40. The molecule has 160 valence electrons. The lowest BCUT2D eigenvalue weighted by molar-refractivity contribution is -0.0523. The number of H-pyrrole nitrogens is 1. The highest BCUT2D eigenvalue weighted by molar-refractivity contribution is 7.92. The third-order valence-corrected chi connectivity index (χ3v) is 6.15. The van der Waals surface area contributed by atoms with Gasteiger partial charge in [0, 0.05) is 29.9 Å². The van der Waals surface area contributed by atoms with E-state index >= 15 is 0 Å². The summed E-state index contributed by atoms with van der Waals surface area (Å²) in [6.07, 6.45) is 1.14. The largest absolute Gasteiger partial charge is 0.432 e. The number of benzene rings is 1. The molecule has 0 fully saturated rings. The van der Waals surface area contributed by atoms with Gasteiger partial charge < -0.3 is 9.72 Å². The highest BCUT2D eigenvalue weighted by Gasteiger charge is 2.38. The number of alkyl halides is 4. The minimum Gasteiger partial charge on any atom is -0.432 e. The van der Waals surface area contributed by atoms with Gasteiger partial charge >= 0.3 is 6.61 Å². The number of anilines is 1. The third-order valence-electron chi connectivity index (χ3n) is 4.72. The number of aromatic nitrogens is 1. The Morgan fingerprint density at radius 2 is 1.93 bits per heavy atom. The number of ether oxygens (including phenoxy) is 1. The number of nitrogens with one attached hydrogen (secondary N) is 2. The van der Waals surface area contributed by atoms with Crippen LogP contribution in [0.5, 0.6) is 5.75 Å². The SMILES string of the molecule is CC(F)(F)C1CCc2c(S(=O)(=O)Nc3cc(F)c(OC(F)F)cc3F)c[nH]c2C1. The number of sulfonamides is 1. The lowest BCUT2D eigenvalue weighted by Crippen LogP contribution is -2.30. The Hall–Kier alpha value is -2.37. The van der Waals surface area contributed by atoms with Crippen LogP contribution in [0.2, 0.25) is 0 Å². The average molecular weight is 442 g/mol. The van der Waals surface area contributed by atoms with Gasteiger partial charge in [-0.05, 0) is 31.7 Å². The van der Waals surface area contributed by atoms with E-state index in [-0.39, 0.29) is 29.7 Å². The maximum absolute atomic E-state index is 14.1. The molecule has 1 aliphatic carbocycles. The highest BCUT2D eigenvalue weighted by atomic mass is 32.2. The summed E-state index contributed by atoms with van der Waals surface area (Å²) in [6, 6.07) is 0.664. The van der Waals surface area contributed by atoms with Crippen molar-refractivity contribution in [3.05, 3.63) is 41.2 Å². The van der Waals surface area contributed by atoms with Crippen LogP contribution < -0.4 is 9.46 Å². The molecule has 2 N–H and O–H groups in total. The molecule has 0 amide bonds. The third kappa shape index (κ3) is 4.46. The van der Waals surface area contributed by atoms with E-state index < -0.39 is 51.5 Å². The first kappa shape index (κ1) is 21.3. The number of aromatic amines is 1. The highest BCUT2D eigenvalue weighted by Crippen LogP contribution is 2.38. The van der Waals surface area contributed by atoms with Gasteiger partial charge in [0.05, 0.1) is 5.69 Å². The zero-order chi connectivity index (χ0) is 21.6. The lowest BCUT2D eigenvalue weighted by atomic mass is 9.84. The van der Waals surface area contributed by atoms with E-state index in [1.807, 2.05) is 4.72 Å². The monoisotopic (exact) mass is 442 g/mol. The molecule has 0 bridgehead atoms. The summed E-state index contributed by atoms with van der Waals surface area (Å²) in [5.74, 6) is -7.69. The molecule has 1 heterocycles.